The minimum absolute atomic E-state index is 0.00529. The van der Waals surface area contributed by atoms with Gasteiger partial charge < -0.3 is 14.8 Å². The Morgan fingerprint density at radius 2 is 1.53 bits per heavy atom. The molecule has 3 amide bonds. The number of halogens is 1. The third-order valence-electron chi connectivity index (χ3n) is 16.6. The monoisotopic (exact) mass is 803 g/mol. The van der Waals surface area contributed by atoms with Crippen LogP contribution in [0.3, 0.4) is 0 Å². The van der Waals surface area contributed by atoms with E-state index in [2.05, 4.69) is 50.8 Å². The number of benzene rings is 1. The van der Waals surface area contributed by atoms with Crippen molar-refractivity contribution >= 4 is 47.4 Å². The van der Waals surface area contributed by atoms with E-state index in [0.29, 0.717) is 41.2 Å². The van der Waals surface area contributed by atoms with Crippen LogP contribution in [0.5, 0.6) is 0 Å². The van der Waals surface area contributed by atoms with Crippen LogP contribution in [0.4, 0.5) is 0 Å². The number of ether oxygens (including phenoxy) is 1. The number of rotatable bonds is 8. The van der Waals surface area contributed by atoms with E-state index in [9.17, 15) is 28.8 Å². The second-order valence-corrected chi connectivity index (χ2v) is 20.5. The number of hydrogen-bond acceptors (Lipinski definition) is 7. The first kappa shape index (κ1) is 41.6. The fourth-order valence-electron chi connectivity index (χ4n) is 13.2. The SMILES string of the molecule is CC(C)C1=C2C3CCC4C(C)(CCC5C(C)C(OC(=O)C6CC(C=O)C6C)CCC54C)C3CCC2(NC(=O)C(C)(C)C(=O)NNC(=O)c2ccc(Cl)cc2)CC1=O. The van der Waals surface area contributed by atoms with Gasteiger partial charge in [-0.15, -0.1) is 0 Å². The number of nitrogens with one attached hydrogen (secondary N) is 3. The lowest BCUT2D eigenvalue weighted by Gasteiger charge is -2.67. The lowest BCUT2D eigenvalue weighted by atomic mass is 9.38. The molecule has 0 spiro atoms. The fourth-order valence-corrected chi connectivity index (χ4v) is 13.3. The number of carbonyl (C=O) groups excluding carboxylic acids is 6. The summed E-state index contributed by atoms with van der Waals surface area (Å²) in [5, 5.41) is 3.79. The van der Waals surface area contributed by atoms with Crippen molar-refractivity contribution in [2.24, 2.45) is 69.5 Å². The van der Waals surface area contributed by atoms with E-state index in [1.54, 1.807) is 24.3 Å². The molecule has 6 aliphatic carbocycles. The number of ketones is 1. The number of carbonyl (C=O) groups is 6. The molecule has 0 radical (unpaired) electrons. The average Bonchev–Trinajstić information content (AvgIpc) is 3.46. The van der Waals surface area contributed by atoms with Crippen LogP contribution >= 0.6 is 11.6 Å². The van der Waals surface area contributed by atoms with Crippen LogP contribution < -0.4 is 16.2 Å². The van der Waals surface area contributed by atoms with Gasteiger partial charge in [0.2, 0.25) is 5.91 Å². The Bertz CT molecular complexity index is 1870. The van der Waals surface area contributed by atoms with Gasteiger partial charge in [0.05, 0.1) is 11.5 Å². The van der Waals surface area contributed by atoms with Gasteiger partial charge in [0.25, 0.3) is 11.8 Å². The van der Waals surface area contributed by atoms with E-state index in [4.69, 9.17) is 16.3 Å². The molecular formula is C46H62ClN3O7. The topological polar surface area (TPSA) is 148 Å². The van der Waals surface area contributed by atoms with Crippen molar-refractivity contribution in [2.75, 3.05) is 0 Å². The van der Waals surface area contributed by atoms with Gasteiger partial charge in [-0.25, -0.2) is 0 Å². The molecule has 0 bridgehead atoms. The minimum atomic E-state index is -1.55. The highest BCUT2D eigenvalue weighted by Crippen LogP contribution is 2.70. The summed E-state index contributed by atoms with van der Waals surface area (Å²) >= 11 is 5.95. The molecule has 0 heterocycles. The quantitative estimate of drug-likeness (QED) is 0.106. The smallest absolute Gasteiger partial charge is 0.309 e. The number of Topliss-reactive ketones (excluding diaryl/α,β-unsaturated/α-hetero) is 1. The third kappa shape index (κ3) is 6.77. The maximum Gasteiger partial charge on any atom is 0.309 e. The van der Waals surface area contributed by atoms with Crippen LogP contribution in [0.15, 0.2) is 35.4 Å². The number of hydrogen-bond donors (Lipinski definition) is 3. The van der Waals surface area contributed by atoms with Gasteiger partial charge in [0.1, 0.15) is 17.8 Å². The van der Waals surface area contributed by atoms with E-state index in [1.165, 1.54) is 13.8 Å². The fraction of sp³-hybridized carbons (Fsp3) is 0.696. The van der Waals surface area contributed by atoms with E-state index in [0.717, 1.165) is 62.4 Å². The standard InChI is InChI=1S/C46H62ClN3O7/c1-24(2)37-34(52)22-46(48-41(55)43(5,6)42(56)50-49-39(53)27-9-11-29(47)12-10-27)20-16-33-30(38(37)46)13-14-36-44(7)19-17-35(26(4)32(44)15-18-45(33,36)8)57-40(54)31-21-28(23-51)25(31)3/h9-12,23-26,28,30-33,35-36H,13-22H2,1-8H3,(H,48,55)(H,49,53)(H,50,56). The Morgan fingerprint density at radius 1 is 0.877 bits per heavy atom. The Kier molecular flexibility index (Phi) is 10.9. The highest BCUT2D eigenvalue weighted by atomic mass is 35.5. The van der Waals surface area contributed by atoms with Gasteiger partial charge in [-0.05, 0) is 159 Å². The molecule has 0 aromatic heterocycles. The van der Waals surface area contributed by atoms with Crippen molar-refractivity contribution in [3.63, 3.8) is 0 Å². The van der Waals surface area contributed by atoms with Crippen molar-refractivity contribution in [1.82, 2.24) is 16.2 Å². The van der Waals surface area contributed by atoms with Crippen molar-refractivity contribution < 1.29 is 33.5 Å². The normalized spacial score (nSPS) is 38.4. The molecule has 12 atom stereocenters. The van der Waals surface area contributed by atoms with Crippen LogP contribution in [0.25, 0.3) is 0 Å². The average molecular weight is 804 g/mol. The first-order valence-electron chi connectivity index (χ1n) is 21.4. The van der Waals surface area contributed by atoms with Crippen LogP contribution in [-0.2, 0) is 28.7 Å². The molecule has 6 aliphatic rings. The van der Waals surface area contributed by atoms with Crippen molar-refractivity contribution in [1.29, 1.82) is 0 Å². The molecule has 0 aliphatic heterocycles. The first-order valence-corrected chi connectivity index (χ1v) is 21.8. The number of amides is 3. The zero-order valence-electron chi connectivity index (χ0n) is 35.0. The molecule has 10 nitrogen and oxygen atoms in total. The summed E-state index contributed by atoms with van der Waals surface area (Å²) < 4.78 is 6.26. The largest absolute Gasteiger partial charge is 0.462 e. The summed E-state index contributed by atoms with van der Waals surface area (Å²) in [5.41, 5.74) is 4.83. The van der Waals surface area contributed by atoms with E-state index in [1.807, 2.05) is 6.92 Å². The maximum absolute atomic E-state index is 14.2. The molecule has 0 saturated heterocycles. The molecule has 310 valence electrons. The van der Waals surface area contributed by atoms with Crippen molar-refractivity contribution in [2.45, 2.75) is 131 Å². The zero-order valence-corrected chi connectivity index (χ0v) is 35.7. The molecule has 57 heavy (non-hydrogen) atoms. The predicted molar refractivity (Wildman–Crippen MR) is 216 cm³/mol. The van der Waals surface area contributed by atoms with E-state index >= 15 is 0 Å². The van der Waals surface area contributed by atoms with Gasteiger partial charge in [-0.3, -0.25) is 34.8 Å². The van der Waals surface area contributed by atoms with Crippen molar-refractivity contribution in [3.05, 3.63) is 46.0 Å². The molecule has 7 rings (SSSR count). The lowest BCUT2D eigenvalue weighted by molar-refractivity contribution is -0.195. The van der Waals surface area contributed by atoms with Gasteiger partial charge in [-0.2, -0.15) is 0 Å². The van der Waals surface area contributed by atoms with Crippen LogP contribution in [0.2, 0.25) is 5.02 Å². The maximum atomic E-state index is 14.2. The Balaban J connectivity index is 1.07. The van der Waals surface area contributed by atoms with Crippen LogP contribution in [-0.4, -0.2) is 47.4 Å². The summed E-state index contributed by atoms with van der Waals surface area (Å²) in [4.78, 5) is 79.0. The summed E-state index contributed by atoms with van der Waals surface area (Å²) in [6.45, 7) is 16.5. The van der Waals surface area contributed by atoms with Gasteiger partial charge in [-0.1, -0.05) is 53.1 Å². The molecule has 5 saturated carbocycles. The molecular weight excluding hydrogens is 742 g/mol. The Labute approximate surface area is 342 Å². The van der Waals surface area contributed by atoms with Crippen LogP contribution in [0, 0.1) is 69.5 Å². The molecule has 12 unspecified atom stereocenters. The summed E-state index contributed by atoms with van der Waals surface area (Å²) in [5.74, 6) is -0.253. The zero-order chi connectivity index (χ0) is 41.4. The Hall–Kier alpha value is -3.53. The predicted octanol–water partition coefficient (Wildman–Crippen LogP) is 7.58. The van der Waals surface area contributed by atoms with Gasteiger partial charge in [0.15, 0.2) is 5.78 Å². The number of aldehydes is 1. The number of fused-ring (bicyclic) bond motifs is 7. The molecule has 1 aromatic rings. The second kappa shape index (κ2) is 14.9. The first-order chi connectivity index (χ1) is 26.8. The molecule has 1 aromatic carbocycles. The van der Waals surface area contributed by atoms with E-state index in [-0.39, 0.29) is 70.6 Å². The number of hydrazine groups is 1. The van der Waals surface area contributed by atoms with Gasteiger partial charge in [0, 0.05) is 22.9 Å². The summed E-state index contributed by atoms with van der Waals surface area (Å²) in [6.07, 6.45) is 9.11. The molecule has 5 fully saturated rings. The highest BCUT2D eigenvalue weighted by Gasteiger charge is 2.65. The number of esters is 1. The minimum Gasteiger partial charge on any atom is -0.462 e. The third-order valence-corrected chi connectivity index (χ3v) is 16.8. The number of allylic oxidation sites excluding steroid dienone is 1. The van der Waals surface area contributed by atoms with Crippen LogP contribution in [0.1, 0.15) is 130 Å². The van der Waals surface area contributed by atoms with Crippen molar-refractivity contribution in [3.8, 4) is 0 Å². The van der Waals surface area contributed by atoms with E-state index < -0.39 is 28.7 Å². The lowest BCUT2D eigenvalue weighted by Crippen LogP contribution is -2.64. The highest BCUT2D eigenvalue weighted by molar-refractivity contribution is 6.30. The Morgan fingerprint density at radius 3 is 2.18 bits per heavy atom. The molecule has 3 N–H and O–H groups in total. The molecule has 11 heteroatoms. The second-order valence-electron chi connectivity index (χ2n) is 20.1. The summed E-state index contributed by atoms with van der Waals surface area (Å²) in [7, 11) is 0. The van der Waals surface area contributed by atoms with Gasteiger partial charge >= 0.3 is 5.97 Å². The summed E-state index contributed by atoms with van der Waals surface area (Å²) in [6, 6.07) is 6.25.